The van der Waals surface area contributed by atoms with Gasteiger partial charge in [0.2, 0.25) is 0 Å². The molecule has 0 saturated carbocycles. The molecule has 0 fully saturated rings. The van der Waals surface area contributed by atoms with Crippen LogP contribution in [0.15, 0.2) is 48.5 Å². The molecule has 0 unspecified atom stereocenters. The van der Waals surface area contributed by atoms with Gasteiger partial charge in [-0.3, -0.25) is 15.1 Å². The monoisotopic (exact) mass is 361 g/mol. The number of amides is 1. The van der Waals surface area contributed by atoms with Gasteiger partial charge in [0.1, 0.15) is 6.54 Å². The van der Waals surface area contributed by atoms with Crippen LogP contribution in [-0.4, -0.2) is 37.1 Å². The van der Waals surface area contributed by atoms with Crippen LogP contribution in [-0.2, 0) is 0 Å². The number of nitrogens with one attached hydrogen (secondary N) is 4. The van der Waals surface area contributed by atoms with Gasteiger partial charge in [-0.05, 0) is 55.0 Å². The molecule has 2 heterocycles. The van der Waals surface area contributed by atoms with Crippen LogP contribution in [0.25, 0.3) is 0 Å². The Bertz CT molecular complexity index is 866. The summed E-state index contributed by atoms with van der Waals surface area (Å²) in [5.74, 6) is 0.938. The van der Waals surface area contributed by atoms with Crippen molar-refractivity contribution in [2.45, 2.75) is 19.3 Å². The van der Waals surface area contributed by atoms with Gasteiger partial charge in [-0.15, -0.1) is 0 Å². The summed E-state index contributed by atoms with van der Waals surface area (Å²) in [7, 11) is 0. The maximum atomic E-state index is 12.5. The van der Waals surface area contributed by atoms with Gasteiger partial charge in [0.05, 0.1) is 25.1 Å². The highest BCUT2D eigenvalue weighted by molar-refractivity contribution is 6.06. The molecule has 1 amide bonds. The van der Waals surface area contributed by atoms with Crippen molar-refractivity contribution in [1.82, 2.24) is 5.32 Å². The quantitative estimate of drug-likeness (QED) is 0.600. The summed E-state index contributed by atoms with van der Waals surface area (Å²) in [6.07, 6.45) is 5.64. The maximum absolute atomic E-state index is 12.5. The second-order valence-corrected chi connectivity index (χ2v) is 6.88. The lowest BCUT2D eigenvalue weighted by Crippen LogP contribution is -2.79. The molecule has 2 aliphatic rings. The van der Waals surface area contributed by atoms with Crippen molar-refractivity contribution in [3.8, 4) is 0 Å². The van der Waals surface area contributed by atoms with Gasteiger partial charge in [-0.2, -0.15) is 0 Å². The van der Waals surface area contributed by atoms with E-state index in [1.807, 2.05) is 48.5 Å². The fourth-order valence-corrected chi connectivity index (χ4v) is 3.37. The SMILES string of the molecule is O=C(Nc1ccc(C2=[NH+]CCC[CH]2)cc1)c1ccc(C2=[NH+]CCCN2)cc1. The standard InChI is InChI=1S/C22H23N4O/c27-22(18-7-5-17(6-8-18)21-24-14-3-15-25-21)26-19-11-9-16(10-12-19)20-4-1-2-13-23-20/h4-12H,1-3,13-15H2,(H,24,25)(H,26,27)/p+2. The minimum absolute atomic E-state index is 0.0983. The fraction of sp³-hybridized carbons (Fsp3) is 0.273. The third-order valence-corrected chi connectivity index (χ3v) is 4.89. The van der Waals surface area contributed by atoms with Crippen molar-refractivity contribution in [2.75, 3.05) is 25.0 Å². The minimum atomic E-state index is -0.0983. The highest BCUT2D eigenvalue weighted by atomic mass is 16.1. The first-order chi connectivity index (χ1) is 13.3. The molecule has 137 valence electrons. The van der Waals surface area contributed by atoms with E-state index >= 15 is 0 Å². The Morgan fingerprint density at radius 3 is 2.30 bits per heavy atom. The Hall–Kier alpha value is -2.95. The van der Waals surface area contributed by atoms with E-state index in [0.717, 1.165) is 55.1 Å². The summed E-state index contributed by atoms with van der Waals surface area (Å²) >= 11 is 0. The van der Waals surface area contributed by atoms with E-state index in [1.54, 1.807) is 0 Å². The number of hydrogen-bond acceptors (Lipinski definition) is 2. The number of hydrogen-bond donors (Lipinski definition) is 4. The molecule has 0 saturated heterocycles. The van der Waals surface area contributed by atoms with Gasteiger partial charge < -0.3 is 5.32 Å². The number of anilines is 1. The van der Waals surface area contributed by atoms with Gasteiger partial charge in [-0.1, -0.05) is 0 Å². The first-order valence-electron chi connectivity index (χ1n) is 9.60. The predicted octanol–water partition coefficient (Wildman–Crippen LogP) is -0.373. The molecule has 2 aromatic carbocycles. The predicted molar refractivity (Wildman–Crippen MR) is 107 cm³/mol. The minimum Gasteiger partial charge on any atom is -0.322 e. The van der Waals surface area contributed by atoms with Crippen LogP contribution in [0.5, 0.6) is 0 Å². The Balaban J connectivity index is 1.41. The molecule has 0 aliphatic carbocycles. The second-order valence-electron chi connectivity index (χ2n) is 6.88. The molecule has 2 aromatic rings. The third-order valence-electron chi connectivity index (χ3n) is 4.89. The zero-order valence-corrected chi connectivity index (χ0v) is 15.3. The molecule has 5 heteroatoms. The van der Waals surface area contributed by atoms with Crippen LogP contribution in [0, 0.1) is 6.42 Å². The topological polar surface area (TPSA) is 69.1 Å². The number of rotatable bonds is 4. The van der Waals surface area contributed by atoms with Crippen LogP contribution in [0.2, 0.25) is 0 Å². The van der Waals surface area contributed by atoms with Crippen molar-refractivity contribution < 1.29 is 14.8 Å². The van der Waals surface area contributed by atoms with E-state index in [2.05, 4.69) is 27.0 Å². The van der Waals surface area contributed by atoms with E-state index < -0.39 is 0 Å². The third kappa shape index (κ3) is 4.25. The lowest BCUT2D eigenvalue weighted by atomic mass is 10.0. The molecule has 4 N–H and O–H groups in total. The first-order valence-corrected chi connectivity index (χ1v) is 9.60. The van der Waals surface area contributed by atoms with Gasteiger partial charge in [0.15, 0.2) is 5.71 Å². The van der Waals surface area contributed by atoms with E-state index in [1.165, 1.54) is 12.1 Å². The summed E-state index contributed by atoms with van der Waals surface area (Å²) in [5.41, 5.74) is 4.85. The smallest absolute Gasteiger partial charge is 0.274 e. The van der Waals surface area contributed by atoms with Crippen LogP contribution in [0.1, 0.15) is 40.7 Å². The van der Waals surface area contributed by atoms with Gasteiger partial charge in [0, 0.05) is 29.7 Å². The van der Waals surface area contributed by atoms with Crippen molar-refractivity contribution in [1.29, 1.82) is 0 Å². The van der Waals surface area contributed by atoms with Gasteiger partial charge >= 0.3 is 0 Å². The molecular weight excluding hydrogens is 336 g/mol. The Labute approximate surface area is 159 Å². The summed E-state index contributed by atoms with van der Waals surface area (Å²) in [5, 5.41) is 6.32. The van der Waals surface area contributed by atoms with Crippen molar-refractivity contribution in [3.63, 3.8) is 0 Å². The number of carbonyl (C=O) groups is 1. The molecule has 27 heavy (non-hydrogen) atoms. The van der Waals surface area contributed by atoms with E-state index in [0.29, 0.717) is 5.56 Å². The number of amidine groups is 1. The normalized spacial score (nSPS) is 16.7. The molecule has 0 bridgehead atoms. The Morgan fingerprint density at radius 1 is 0.889 bits per heavy atom. The highest BCUT2D eigenvalue weighted by Crippen LogP contribution is 2.14. The van der Waals surface area contributed by atoms with E-state index in [4.69, 9.17) is 0 Å². The zero-order valence-electron chi connectivity index (χ0n) is 15.3. The lowest BCUT2D eigenvalue weighted by molar-refractivity contribution is -0.463. The molecule has 0 aromatic heterocycles. The lowest BCUT2D eigenvalue weighted by Gasteiger charge is -2.10. The summed E-state index contributed by atoms with van der Waals surface area (Å²) in [6.45, 7) is 2.98. The fourth-order valence-electron chi connectivity index (χ4n) is 3.37. The highest BCUT2D eigenvalue weighted by Gasteiger charge is 2.16. The van der Waals surface area contributed by atoms with Crippen molar-refractivity contribution in [2.24, 2.45) is 0 Å². The van der Waals surface area contributed by atoms with Crippen LogP contribution < -0.4 is 20.6 Å². The Morgan fingerprint density at radius 2 is 1.63 bits per heavy atom. The zero-order chi connectivity index (χ0) is 18.5. The van der Waals surface area contributed by atoms with Crippen LogP contribution in [0.4, 0.5) is 5.69 Å². The molecule has 0 spiro atoms. The largest absolute Gasteiger partial charge is 0.322 e. The Kier molecular flexibility index (Phi) is 5.28. The molecule has 2 aliphatic heterocycles. The van der Waals surface area contributed by atoms with E-state index in [-0.39, 0.29) is 5.91 Å². The molecule has 0 atom stereocenters. The molecule has 1 radical (unpaired) electrons. The number of benzene rings is 2. The molecular formula is C22H25N4O+2. The summed E-state index contributed by atoms with van der Waals surface area (Å²) < 4.78 is 0. The van der Waals surface area contributed by atoms with Crippen LogP contribution >= 0.6 is 0 Å². The number of carbonyl (C=O) groups excluding carboxylic acids is 1. The van der Waals surface area contributed by atoms with Gasteiger partial charge in [-0.25, -0.2) is 4.99 Å². The van der Waals surface area contributed by atoms with Crippen molar-refractivity contribution >= 4 is 23.1 Å². The molecule has 5 nitrogen and oxygen atoms in total. The summed E-state index contributed by atoms with van der Waals surface area (Å²) in [6, 6.07) is 15.6. The van der Waals surface area contributed by atoms with Crippen molar-refractivity contribution in [3.05, 3.63) is 71.6 Å². The maximum Gasteiger partial charge on any atom is 0.274 e. The van der Waals surface area contributed by atoms with Gasteiger partial charge in [0.25, 0.3) is 11.7 Å². The average molecular weight is 361 g/mol. The van der Waals surface area contributed by atoms with Crippen LogP contribution in [0.3, 0.4) is 0 Å². The second kappa shape index (κ2) is 8.16. The molecule has 4 rings (SSSR count). The van der Waals surface area contributed by atoms with E-state index in [9.17, 15) is 4.79 Å². The summed E-state index contributed by atoms with van der Waals surface area (Å²) in [4.78, 5) is 19.3. The average Bonchev–Trinajstić information content (AvgIpc) is 2.76. The first kappa shape index (κ1) is 17.5.